The van der Waals surface area contributed by atoms with E-state index in [1.54, 1.807) is 0 Å². The lowest BCUT2D eigenvalue weighted by Gasteiger charge is -2.05. The fraction of sp³-hybridized carbons (Fsp3) is 1.00. The summed E-state index contributed by atoms with van der Waals surface area (Å²) in [6, 6.07) is 0. The molecule has 0 unspecified atom stereocenters. The lowest BCUT2D eigenvalue weighted by Crippen LogP contribution is -2.03. The van der Waals surface area contributed by atoms with E-state index in [-0.39, 0.29) is 0 Å². The molecule has 1 rings (SSSR count). The van der Waals surface area contributed by atoms with Gasteiger partial charge in [0.2, 0.25) is 0 Å². The molecule has 0 aromatic heterocycles. The van der Waals surface area contributed by atoms with Gasteiger partial charge in [-0.1, -0.05) is 0 Å². The van der Waals surface area contributed by atoms with Gasteiger partial charge in [-0.3, -0.25) is 0 Å². The molecule has 0 amide bonds. The van der Waals surface area contributed by atoms with Gasteiger partial charge in [0.15, 0.2) is 3.68 Å². The highest BCUT2D eigenvalue weighted by Gasteiger charge is 2.29. The molecule has 0 heterocycles. The lowest BCUT2D eigenvalue weighted by molar-refractivity contribution is 0.321. The second-order valence-electron chi connectivity index (χ2n) is 2.06. The van der Waals surface area contributed by atoms with Gasteiger partial charge < -0.3 is 0 Å². The van der Waals surface area contributed by atoms with Crippen molar-refractivity contribution >= 4 is 22.6 Å². The highest BCUT2D eigenvalue weighted by molar-refractivity contribution is 14.1. The van der Waals surface area contributed by atoms with Crippen LogP contribution in [-0.4, -0.2) is 3.68 Å². The van der Waals surface area contributed by atoms with E-state index in [0.717, 1.165) is 25.7 Å². The third-order valence-corrected chi connectivity index (χ3v) is 2.41. The summed E-state index contributed by atoms with van der Waals surface area (Å²) in [4.78, 5) is 0. The molecule has 0 nitrogen and oxygen atoms in total. The average molecular weight is 214 g/mol. The normalized spacial score (nSPS) is 28.3. The molecule has 42 valence electrons. The van der Waals surface area contributed by atoms with Gasteiger partial charge in [0.1, 0.15) is 0 Å². The van der Waals surface area contributed by atoms with Crippen LogP contribution in [-0.2, 0) is 0 Å². The van der Waals surface area contributed by atoms with Crippen molar-refractivity contribution in [1.82, 2.24) is 0 Å². The van der Waals surface area contributed by atoms with E-state index < -0.39 is 3.68 Å². The summed E-state index contributed by atoms with van der Waals surface area (Å²) in [5, 5.41) is 0. The molecule has 0 saturated heterocycles. The minimum absolute atomic E-state index is 0.771. The maximum atomic E-state index is 12.6. The van der Waals surface area contributed by atoms with E-state index >= 15 is 0 Å². The van der Waals surface area contributed by atoms with Crippen molar-refractivity contribution in [1.29, 1.82) is 0 Å². The van der Waals surface area contributed by atoms with Gasteiger partial charge in [0.25, 0.3) is 0 Å². The van der Waals surface area contributed by atoms with Crippen LogP contribution in [0.5, 0.6) is 0 Å². The molecule has 0 spiro atoms. The summed E-state index contributed by atoms with van der Waals surface area (Å²) in [6.07, 6.45) is 3.71. The van der Waals surface area contributed by atoms with E-state index in [9.17, 15) is 4.39 Å². The van der Waals surface area contributed by atoms with Crippen molar-refractivity contribution < 1.29 is 4.39 Å². The first-order valence-electron chi connectivity index (χ1n) is 2.59. The Balaban J connectivity index is 2.40. The van der Waals surface area contributed by atoms with Crippen LogP contribution in [0.15, 0.2) is 0 Å². The Hall–Kier alpha value is 0.660. The SMILES string of the molecule is FC1(I)CCCC1. The second-order valence-corrected chi connectivity index (χ2v) is 4.00. The summed E-state index contributed by atoms with van der Waals surface area (Å²) in [5.74, 6) is 0. The van der Waals surface area contributed by atoms with Crippen molar-refractivity contribution in [2.75, 3.05) is 0 Å². The highest BCUT2D eigenvalue weighted by Crippen LogP contribution is 2.38. The Morgan fingerprint density at radius 3 is 1.86 bits per heavy atom. The molecule has 7 heavy (non-hydrogen) atoms. The van der Waals surface area contributed by atoms with Crippen LogP contribution in [0, 0.1) is 0 Å². The predicted molar refractivity (Wildman–Crippen MR) is 36.3 cm³/mol. The number of hydrogen-bond acceptors (Lipinski definition) is 0. The summed E-state index contributed by atoms with van der Waals surface area (Å²) in [5.41, 5.74) is 0. The molecule has 2 heteroatoms. The molecule has 1 fully saturated rings. The summed E-state index contributed by atoms with van der Waals surface area (Å²) in [7, 11) is 0. The minimum Gasteiger partial charge on any atom is -0.232 e. The Morgan fingerprint density at radius 2 is 1.71 bits per heavy atom. The molecule has 1 aliphatic rings. The van der Waals surface area contributed by atoms with E-state index in [1.165, 1.54) is 0 Å². The highest BCUT2D eigenvalue weighted by atomic mass is 127. The quantitative estimate of drug-likeness (QED) is 0.429. The summed E-state index contributed by atoms with van der Waals surface area (Å²) < 4.78 is 11.8. The Kier molecular flexibility index (Phi) is 1.55. The number of hydrogen-bond donors (Lipinski definition) is 0. The zero-order valence-electron chi connectivity index (χ0n) is 4.08. The minimum atomic E-state index is -0.836. The standard InChI is InChI=1S/C5H8FI/c6-5(7)3-1-2-4-5/h1-4H2. The zero-order chi connectivity index (χ0) is 5.33. The Labute approximate surface area is 56.6 Å². The first-order valence-corrected chi connectivity index (χ1v) is 3.66. The lowest BCUT2D eigenvalue weighted by atomic mass is 10.3. The number of alkyl halides is 2. The zero-order valence-corrected chi connectivity index (χ0v) is 6.24. The maximum absolute atomic E-state index is 12.6. The molecular weight excluding hydrogens is 206 g/mol. The van der Waals surface area contributed by atoms with Gasteiger partial charge in [-0.25, -0.2) is 4.39 Å². The molecule has 0 aromatic carbocycles. The molecule has 0 aliphatic heterocycles. The third kappa shape index (κ3) is 1.55. The second kappa shape index (κ2) is 1.88. The summed E-state index contributed by atoms with van der Waals surface area (Å²) in [6.45, 7) is 0. The average Bonchev–Trinajstić information content (AvgIpc) is 1.84. The molecular formula is C5H8FI. The van der Waals surface area contributed by atoms with Crippen molar-refractivity contribution in [3.8, 4) is 0 Å². The van der Waals surface area contributed by atoms with Crippen molar-refractivity contribution in [3.63, 3.8) is 0 Å². The fourth-order valence-electron chi connectivity index (χ4n) is 0.892. The summed E-state index contributed by atoms with van der Waals surface area (Å²) >= 11 is 1.90. The first kappa shape index (κ1) is 5.79. The number of halogens is 2. The maximum Gasteiger partial charge on any atom is 0.161 e. The largest absolute Gasteiger partial charge is 0.232 e. The van der Waals surface area contributed by atoms with Crippen molar-refractivity contribution in [3.05, 3.63) is 0 Å². The van der Waals surface area contributed by atoms with Gasteiger partial charge in [-0.15, -0.1) is 0 Å². The van der Waals surface area contributed by atoms with Gasteiger partial charge in [0.05, 0.1) is 0 Å². The van der Waals surface area contributed by atoms with Crippen LogP contribution < -0.4 is 0 Å². The van der Waals surface area contributed by atoms with Crippen LogP contribution >= 0.6 is 22.6 Å². The first-order chi connectivity index (χ1) is 3.21. The fourth-order valence-corrected chi connectivity index (χ4v) is 1.66. The van der Waals surface area contributed by atoms with Crippen LogP contribution in [0.2, 0.25) is 0 Å². The van der Waals surface area contributed by atoms with Crippen LogP contribution in [0.1, 0.15) is 25.7 Å². The van der Waals surface area contributed by atoms with Crippen LogP contribution in [0.4, 0.5) is 4.39 Å². The van der Waals surface area contributed by atoms with Crippen molar-refractivity contribution in [2.24, 2.45) is 0 Å². The van der Waals surface area contributed by atoms with Gasteiger partial charge in [-0.2, -0.15) is 0 Å². The molecule has 1 saturated carbocycles. The Bertz CT molecular complexity index is 62.5. The monoisotopic (exact) mass is 214 g/mol. The topological polar surface area (TPSA) is 0 Å². The molecule has 1 aliphatic carbocycles. The third-order valence-electron chi connectivity index (χ3n) is 1.34. The van der Waals surface area contributed by atoms with Crippen LogP contribution in [0.25, 0.3) is 0 Å². The molecule has 0 atom stereocenters. The molecule has 0 bridgehead atoms. The molecule has 0 radical (unpaired) electrons. The van der Waals surface area contributed by atoms with Gasteiger partial charge in [0, 0.05) is 0 Å². The van der Waals surface area contributed by atoms with Crippen molar-refractivity contribution in [2.45, 2.75) is 29.4 Å². The van der Waals surface area contributed by atoms with Gasteiger partial charge in [-0.05, 0) is 48.3 Å². The smallest absolute Gasteiger partial charge is 0.161 e. The Morgan fingerprint density at radius 1 is 1.29 bits per heavy atom. The van der Waals surface area contributed by atoms with E-state index in [2.05, 4.69) is 0 Å². The van der Waals surface area contributed by atoms with Crippen LogP contribution in [0.3, 0.4) is 0 Å². The van der Waals surface area contributed by atoms with E-state index in [1.807, 2.05) is 22.6 Å². The molecule has 0 aromatic rings. The van der Waals surface area contributed by atoms with E-state index in [4.69, 9.17) is 0 Å². The van der Waals surface area contributed by atoms with Gasteiger partial charge >= 0.3 is 0 Å². The molecule has 0 N–H and O–H groups in total. The van der Waals surface area contributed by atoms with E-state index in [0.29, 0.717) is 0 Å². The predicted octanol–water partition coefficient (Wildman–Crippen LogP) is 2.66. The number of rotatable bonds is 0.